The number of benzene rings is 1. The van der Waals surface area contributed by atoms with Gasteiger partial charge >= 0.3 is 17.9 Å². The molecule has 1 atom stereocenters. The molecular weight excluding hydrogens is 520 g/mol. The van der Waals surface area contributed by atoms with Crippen molar-refractivity contribution < 1.29 is 39.5 Å². The van der Waals surface area contributed by atoms with Gasteiger partial charge < -0.3 is 25.2 Å². The van der Waals surface area contributed by atoms with Crippen molar-refractivity contribution in [3.63, 3.8) is 0 Å². The summed E-state index contributed by atoms with van der Waals surface area (Å²) < 4.78 is 5.85. The first-order chi connectivity index (χ1) is 18.1. The van der Waals surface area contributed by atoms with Crippen LogP contribution in [0.1, 0.15) is 36.8 Å². The first-order valence-corrected chi connectivity index (χ1v) is 12.2. The summed E-state index contributed by atoms with van der Waals surface area (Å²) in [6, 6.07) is 10.5. The van der Waals surface area contributed by atoms with Gasteiger partial charge in [0.1, 0.15) is 10.7 Å². The second kappa shape index (κ2) is 13.3. The second-order valence-electron chi connectivity index (χ2n) is 9.00. The van der Waals surface area contributed by atoms with Gasteiger partial charge in [-0.05, 0) is 18.4 Å². The Kier molecular flexibility index (Phi) is 10.1. The topological polar surface area (TPSA) is 186 Å². The summed E-state index contributed by atoms with van der Waals surface area (Å²) in [5.74, 6) is -5.02. The molecule has 1 aliphatic rings. The van der Waals surface area contributed by atoms with Gasteiger partial charge in [-0.15, -0.1) is 0 Å². The number of ether oxygens (including phenoxy) is 1. The van der Waals surface area contributed by atoms with Gasteiger partial charge in [0.25, 0.3) is 0 Å². The van der Waals surface area contributed by atoms with Crippen LogP contribution < -0.4 is 0 Å². The number of carboxylic acids is 3. The lowest BCUT2D eigenvalue weighted by Crippen LogP contribution is -2.42. The van der Waals surface area contributed by atoms with Crippen LogP contribution in [0.15, 0.2) is 42.7 Å². The zero-order chi connectivity index (χ0) is 27.7. The van der Waals surface area contributed by atoms with E-state index in [9.17, 15) is 14.4 Å². The van der Waals surface area contributed by atoms with Crippen LogP contribution in [0, 0.1) is 0 Å². The van der Waals surface area contributed by atoms with Crippen molar-refractivity contribution in [2.45, 2.75) is 50.5 Å². The average molecular weight is 549 g/mol. The van der Waals surface area contributed by atoms with Crippen molar-refractivity contribution in [2.75, 3.05) is 13.2 Å². The summed E-state index contributed by atoms with van der Waals surface area (Å²) in [6.07, 6.45) is 3.93. The third kappa shape index (κ3) is 8.21. The fraction of sp³-hybridized carbons (Fsp3) is 0.400. The van der Waals surface area contributed by atoms with Gasteiger partial charge in [-0.2, -0.15) is 5.10 Å². The number of H-pyrrole nitrogens is 1. The van der Waals surface area contributed by atoms with Gasteiger partial charge in [0.15, 0.2) is 5.60 Å². The molecule has 1 saturated heterocycles. The van der Waals surface area contributed by atoms with Crippen molar-refractivity contribution in [1.29, 1.82) is 0 Å². The lowest BCUT2D eigenvalue weighted by molar-refractivity contribution is -0.170. The Morgan fingerprint density at radius 2 is 1.76 bits per heavy atom. The number of rotatable bonds is 11. The highest BCUT2D eigenvalue weighted by Crippen LogP contribution is 2.24. The van der Waals surface area contributed by atoms with E-state index in [1.165, 1.54) is 5.56 Å². The maximum atomic E-state index is 10.3. The van der Waals surface area contributed by atoms with E-state index in [-0.39, 0.29) is 0 Å². The van der Waals surface area contributed by atoms with Crippen LogP contribution in [0.4, 0.5) is 0 Å². The van der Waals surface area contributed by atoms with Crippen LogP contribution in [0.2, 0.25) is 5.15 Å². The van der Waals surface area contributed by atoms with E-state index in [4.69, 9.17) is 36.8 Å². The lowest BCUT2D eigenvalue weighted by Gasteiger charge is -2.25. The van der Waals surface area contributed by atoms with Crippen LogP contribution in [0.25, 0.3) is 10.9 Å². The summed E-state index contributed by atoms with van der Waals surface area (Å²) in [7, 11) is 0. The number of aromatic amines is 1. The van der Waals surface area contributed by atoms with Gasteiger partial charge in [-0.3, -0.25) is 24.6 Å². The molecule has 38 heavy (non-hydrogen) atoms. The predicted molar refractivity (Wildman–Crippen MR) is 136 cm³/mol. The minimum absolute atomic E-state index is 0.304. The minimum Gasteiger partial charge on any atom is -0.481 e. The van der Waals surface area contributed by atoms with E-state index in [2.05, 4.69) is 44.3 Å². The second-order valence-corrected chi connectivity index (χ2v) is 9.38. The van der Waals surface area contributed by atoms with Crippen LogP contribution in [0.5, 0.6) is 0 Å². The Balaban J connectivity index is 0.000000263. The van der Waals surface area contributed by atoms with Gasteiger partial charge in [0, 0.05) is 44.2 Å². The van der Waals surface area contributed by atoms with Crippen LogP contribution in [-0.4, -0.2) is 83.3 Å². The van der Waals surface area contributed by atoms with Gasteiger partial charge in [0.05, 0.1) is 24.3 Å². The van der Waals surface area contributed by atoms with Crippen molar-refractivity contribution in [3.8, 4) is 0 Å². The third-order valence-electron chi connectivity index (χ3n) is 5.91. The molecule has 1 aromatic carbocycles. The van der Waals surface area contributed by atoms with Crippen molar-refractivity contribution in [3.05, 3.63) is 59.0 Å². The normalized spacial score (nSPS) is 15.3. The molecule has 2 aromatic heterocycles. The number of hydrogen-bond acceptors (Lipinski definition) is 8. The highest BCUT2D eigenvalue weighted by molar-refractivity contribution is 6.34. The molecule has 13 heteroatoms. The molecule has 1 aliphatic heterocycles. The Labute approximate surface area is 222 Å². The van der Waals surface area contributed by atoms with Crippen molar-refractivity contribution >= 4 is 40.4 Å². The quantitative estimate of drug-likeness (QED) is 0.237. The number of nitrogens with zero attached hydrogens (tertiary/aromatic N) is 3. The van der Waals surface area contributed by atoms with E-state index in [0.29, 0.717) is 11.3 Å². The highest BCUT2D eigenvalue weighted by atomic mass is 35.5. The SMILES string of the molecule is Clc1[nH]nc2c(CN(Cc3ccccc3)CC3CCCO3)cncc12.O=C(O)CC(O)(CC(=O)O)C(=O)O. The molecule has 3 heterocycles. The zero-order valence-corrected chi connectivity index (χ0v) is 21.2. The first kappa shape index (κ1) is 29.0. The van der Waals surface area contributed by atoms with Gasteiger partial charge in [0.2, 0.25) is 0 Å². The first-order valence-electron chi connectivity index (χ1n) is 11.8. The lowest BCUT2D eigenvalue weighted by atomic mass is 9.96. The number of carbonyl (C=O) groups is 3. The number of fused-ring (bicyclic) bond motifs is 1. The molecular formula is C25H29ClN4O8. The molecule has 0 bridgehead atoms. The molecule has 204 valence electrons. The molecule has 1 fully saturated rings. The van der Waals surface area contributed by atoms with Crippen LogP contribution in [0.3, 0.4) is 0 Å². The summed E-state index contributed by atoms with van der Waals surface area (Å²) in [4.78, 5) is 37.2. The Morgan fingerprint density at radius 3 is 2.34 bits per heavy atom. The number of hydrogen-bond donors (Lipinski definition) is 5. The summed E-state index contributed by atoms with van der Waals surface area (Å²) in [5.41, 5.74) is 0.526. The van der Waals surface area contributed by atoms with Crippen molar-refractivity contribution in [2.24, 2.45) is 0 Å². The Hall–Kier alpha value is -3.58. The highest BCUT2D eigenvalue weighted by Gasteiger charge is 2.40. The third-order valence-corrected chi connectivity index (χ3v) is 6.20. The van der Waals surface area contributed by atoms with E-state index >= 15 is 0 Å². The van der Waals surface area contributed by atoms with Crippen LogP contribution in [-0.2, 0) is 32.2 Å². The van der Waals surface area contributed by atoms with E-state index < -0.39 is 36.4 Å². The maximum absolute atomic E-state index is 10.3. The number of carboxylic acid groups (broad SMARTS) is 3. The molecule has 4 rings (SSSR count). The number of pyridine rings is 1. The smallest absolute Gasteiger partial charge is 0.336 e. The molecule has 0 aliphatic carbocycles. The number of aromatic nitrogens is 3. The van der Waals surface area contributed by atoms with Crippen molar-refractivity contribution in [1.82, 2.24) is 20.1 Å². The fourth-order valence-corrected chi connectivity index (χ4v) is 4.31. The molecule has 0 radical (unpaired) electrons. The molecule has 5 N–H and O–H groups in total. The van der Waals surface area contributed by atoms with Gasteiger partial charge in [-0.25, -0.2) is 4.79 Å². The zero-order valence-electron chi connectivity index (χ0n) is 20.4. The number of nitrogens with one attached hydrogen (secondary N) is 1. The molecule has 1 unspecified atom stereocenters. The predicted octanol–water partition coefficient (Wildman–Crippen LogP) is 2.54. The maximum Gasteiger partial charge on any atom is 0.336 e. The number of aliphatic carboxylic acids is 3. The van der Waals surface area contributed by atoms with E-state index in [1.54, 1.807) is 6.20 Å². The van der Waals surface area contributed by atoms with Gasteiger partial charge in [-0.1, -0.05) is 41.9 Å². The molecule has 12 nitrogen and oxygen atoms in total. The standard InChI is InChI=1S/C19H21ClN4O.C6H8O7/c20-19-17-10-21-9-15(18(17)22-23-19)12-24(13-16-7-4-8-25-16)11-14-5-2-1-3-6-14;7-3(8)1-6(13,5(11)12)2-4(9)10/h1-3,5-6,9-10,16H,4,7-8,11-13H2,(H,22,23);13H,1-2H2,(H,7,8)(H,9,10)(H,11,12). The monoisotopic (exact) mass is 548 g/mol. The summed E-state index contributed by atoms with van der Waals surface area (Å²) in [6.45, 7) is 3.41. The summed E-state index contributed by atoms with van der Waals surface area (Å²) in [5, 5.41) is 42.4. The van der Waals surface area contributed by atoms with E-state index in [0.717, 1.165) is 55.5 Å². The largest absolute Gasteiger partial charge is 0.481 e. The Bertz CT molecular complexity index is 1230. The average Bonchev–Trinajstić information content (AvgIpc) is 3.49. The Morgan fingerprint density at radius 1 is 1.08 bits per heavy atom. The molecule has 3 aromatic rings. The molecule has 0 amide bonds. The number of aliphatic hydroxyl groups is 1. The minimum atomic E-state index is -2.74. The number of halogens is 1. The molecule has 0 saturated carbocycles. The summed E-state index contributed by atoms with van der Waals surface area (Å²) >= 11 is 6.16. The fourth-order valence-electron chi connectivity index (χ4n) is 4.13. The van der Waals surface area contributed by atoms with E-state index in [1.807, 2.05) is 12.3 Å². The molecule has 0 spiro atoms. The van der Waals surface area contributed by atoms with Crippen LogP contribution >= 0.6 is 11.6 Å².